The number of methoxy groups -OCH3 is 2. The molecule has 0 radical (unpaired) electrons. The van der Waals surface area contributed by atoms with Crippen molar-refractivity contribution in [3.05, 3.63) is 36.4 Å². The molecule has 124 valence electrons. The highest BCUT2D eigenvalue weighted by molar-refractivity contribution is 5.52. The van der Waals surface area contributed by atoms with Crippen LogP contribution in [0.3, 0.4) is 0 Å². The minimum atomic E-state index is 0.453. The summed E-state index contributed by atoms with van der Waals surface area (Å²) in [5.74, 6) is 3.21. The molecule has 0 spiro atoms. The Balaban J connectivity index is 1.97. The number of likely N-dealkylation sites (N-methyl/N-ethyl adjacent to an activating group) is 1. The summed E-state index contributed by atoms with van der Waals surface area (Å²) in [6, 6.07) is 5.86. The third kappa shape index (κ3) is 3.20. The highest BCUT2D eigenvalue weighted by atomic mass is 16.5. The molecule has 0 amide bonds. The summed E-state index contributed by atoms with van der Waals surface area (Å²) in [6.45, 7) is 5.58. The van der Waals surface area contributed by atoms with Crippen molar-refractivity contribution < 1.29 is 9.47 Å². The maximum absolute atomic E-state index is 5.54. The van der Waals surface area contributed by atoms with E-state index in [4.69, 9.17) is 9.47 Å². The maximum atomic E-state index is 5.54. The minimum absolute atomic E-state index is 0.453. The van der Waals surface area contributed by atoms with E-state index in [1.165, 1.54) is 19.4 Å². The predicted molar refractivity (Wildman–Crippen MR) is 90.8 cm³/mol. The van der Waals surface area contributed by atoms with Crippen LogP contribution in [0, 0.1) is 0 Å². The zero-order valence-corrected chi connectivity index (χ0v) is 14.2. The summed E-state index contributed by atoms with van der Waals surface area (Å²) in [7, 11) is 3.38. The summed E-state index contributed by atoms with van der Waals surface area (Å²) < 4.78 is 13.1. The van der Waals surface area contributed by atoms with Crippen LogP contribution in [0.25, 0.3) is 5.69 Å². The molecule has 1 aromatic heterocycles. The van der Waals surface area contributed by atoms with Gasteiger partial charge >= 0.3 is 0 Å². The summed E-state index contributed by atoms with van der Waals surface area (Å²) >= 11 is 0. The Kier molecular flexibility index (Phi) is 4.86. The largest absolute Gasteiger partial charge is 0.497 e. The van der Waals surface area contributed by atoms with E-state index in [1.54, 1.807) is 14.2 Å². The minimum Gasteiger partial charge on any atom is -0.497 e. The van der Waals surface area contributed by atoms with Gasteiger partial charge in [-0.15, -0.1) is 0 Å². The fourth-order valence-corrected chi connectivity index (χ4v) is 3.36. The average Bonchev–Trinajstić information content (AvgIpc) is 3.10. The molecule has 0 saturated carbocycles. The zero-order chi connectivity index (χ0) is 16.2. The van der Waals surface area contributed by atoms with Crippen molar-refractivity contribution in [2.75, 3.05) is 33.9 Å². The predicted octanol–water partition coefficient (Wildman–Crippen LogP) is 3.09. The van der Waals surface area contributed by atoms with Crippen molar-refractivity contribution in [3.8, 4) is 17.2 Å². The number of hydrogen-bond acceptors (Lipinski definition) is 4. The highest BCUT2D eigenvalue weighted by Crippen LogP contribution is 2.32. The molecule has 1 aliphatic rings. The second kappa shape index (κ2) is 7.04. The van der Waals surface area contributed by atoms with Crippen LogP contribution in [0.4, 0.5) is 0 Å². The van der Waals surface area contributed by atoms with E-state index in [9.17, 15) is 0 Å². The Morgan fingerprint density at radius 2 is 2.13 bits per heavy atom. The normalized spacial score (nSPS) is 18.8. The molecule has 0 bridgehead atoms. The molecule has 1 aromatic carbocycles. The number of ether oxygens (including phenoxy) is 2. The van der Waals surface area contributed by atoms with Crippen LogP contribution in [0.5, 0.6) is 11.5 Å². The van der Waals surface area contributed by atoms with E-state index in [1.807, 2.05) is 30.6 Å². The van der Waals surface area contributed by atoms with Crippen LogP contribution in [-0.4, -0.2) is 48.3 Å². The standard InChI is InChI=1S/C18H25N3O2/c1-4-20-10-5-6-14(13-20)18-19-9-11-21(18)16-12-15(22-2)7-8-17(16)23-3/h7-9,11-12,14H,4-6,10,13H2,1-3H3/t14-/m0/s1. The van der Waals surface area contributed by atoms with Crippen molar-refractivity contribution in [1.29, 1.82) is 0 Å². The number of aromatic nitrogens is 2. The van der Waals surface area contributed by atoms with Crippen molar-refractivity contribution in [3.63, 3.8) is 0 Å². The van der Waals surface area contributed by atoms with Gasteiger partial charge in [0.15, 0.2) is 0 Å². The molecule has 0 N–H and O–H groups in total. The van der Waals surface area contributed by atoms with Crippen LogP contribution < -0.4 is 9.47 Å². The molecular weight excluding hydrogens is 290 g/mol. The summed E-state index contributed by atoms with van der Waals surface area (Å²) in [5, 5.41) is 0. The Morgan fingerprint density at radius 3 is 2.87 bits per heavy atom. The van der Waals surface area contributed by atoms with E-state index in [0.717, 1.165) is 36.1 Å². The van der Waals surface area contributed by atoms with E-state index in [2.05, 4.69) is 21.4 Å². The Labute approximate surface area is 137 Å². The highest BCUT2D eigenvalue weighted by Gasteiger charge is 2.25. The number of nitrogens with zero attached hydrogens (tertiary/aromatic N) is 3. The van der Waals surface area contributed by atoms with E-state index < -0.39 is 0 Å². The lowest BCUT2D eigenvalue weighted by atomic mass is 9.97. The van der Waals surface area contributed by atoms with E-state index in [0.29, 0.717) is 5.92 Å². The molecule has 2 heterocycles. The van der Waals surface area contributed by atoms with Crippen LogP contribution in [0.2, 0.25) is 0 Å². The molecular formula is C18H25N3O2. The van der Waals surface area contributed by atoms with Gasteiger partial charge in [-0.3, -0.25) is 4.57 Å². The van der Waals surface area contributed by atoms with Gasteiger partial charge in [0, 0.05) is 30.9 Å². The first-order chi connectivity index (χ1) is 11.3. The van der Waals surface area contributed by atoms with Crippen LogP contribution in [-0.2, 0) is 0 Å². The summed E-state index contributed by atoms with van der Waals surface area (Å²) in [5.41, 5.74) is 0.980. The average molecular weight is 315 g/mol. The molecule has 1 atom stereocenters. The molecule has 0 aliphatic carbocycles. The Bertz CT molecular complexity index is 653. The van der Waals surface area contributed by atoms with Gasteiger partial charge in [0.1, 0.15) is 17.3 Å². The molecule has 3 rings (SSSR count). The Morgan fingerprint density at radius 1 is 1.26 bits per heavy atom. The number of hydrogen-bond donors (Lipinski definition) is 0. The number of piperidine rings is 1. The fraction of sp³-hybridized carbons (Fsp3) is 0.500. The third-order valence-electron chi connectivity index (χ3n) is 4.63. The zero-order valence-electron chi connectivity index (χ0n) is 14.2. The van der Waals surface area contributed by atoms with E-state index in [-0.39, 0.29) is 0 Å². The van der Waals surface area contributed by atoms with Crippen molar-refractivity contribution >= 4 is 0 Å². The molecule has 1 aliphatic heterocycles. The third-order valence-corrected chi connectivity index (χ3v) is 4.63. The monoisotopic (exact) mass is 315 g/mol. The molecule has 1 fully saturated rings. The van der Waals surface area contributed by atoms with Gasteiger partial charge in [0.2, 0.25) is 0 Å². The van der Waals surface area contributed by atoms with Gasteiger partial charge in [0.05, 0.1) is 19.9 Å². The first-order valence-electron chi connectivity index (χ1n) is 8.24. The fourth-order valence-electron chi connectivity index (χ4n) is 3.36. The van der Waals surface area contributed by atoms with Crippen molar-refractivity contribution in [2.45, 2.75) is 25.7 Å². The summed E-state index contributed by atoms with van der Waals surface area (Å²) in [4.78, 5) is 7.15. The first-order valence-corrected chi connectivity index (χ1v) is 8.24. The van der Waals surface area contributed by atoms with Gasteiger partial charge in [-0.1, -0.05) is 6.92 Å². The van der Waals surface area contributed by atoms with Crippen LogP contribution in [0.1, 0.15) is 31.5 Å². The molecule has 1 saturated heterocycles. The van der Waals surface area contributed by atoms with Gasteiger partial charge < -0.3 is 14.4 Å². The second-order valence-electron chi connectivity index (χ2n) is 5.93. The van der Waals surface area contributed by atoms with E-state index >= 15 is 0 Å². The van der Waals surface area contributed by atoms with Crippen molar-refractivity contribution in [2.24, 2.45) is 0 Å². The number of imidazole rings is 1. The first kappa shape index (κ1) is 15.9. The van der Waals surface area contributed by atoms with Crippen LogP contribution in [0.15, 0.2) is 30.6 Å². The van der Waals surface area contributed by atoms with Crippen LogP contribution >= 0.6 is 0 Å². The van der Waals surface area contributed by atoms with Gasteiger partial charge in [-0.05, 0) is 38.1 Å². The summed E-state index contributed by atoms with van der Waals surface area (Å²) in [6.07, 6.45) is 6.29. The quantitative estimate of drug-likeness (QED) is 0.850. The molecule has 2 aromatic rings. The lowest BCUT2D eigenvalue weighted by Crippen LogP contribution is -2.35. The van der Waals surface area contributed by atoms with Gasteiger partial charge in [-0.2, -0.15) is 0 Å². The number of benzene rings is 1. The second-order valence-corrected chi connectivity index (χ2v) is 5.93. The number of likely N-dealkylation sites (tertiary alicyclic amines) is 1. The number of rotatable bonds is 5. The van der Waals surface area contributed by atoms with Crippen molar-refractivity contribution in [1.82, 2.24) is 14.5 Å². The smallest absolute Gasteiger partial charge is 0.143 e. The lowest BCUT2D eigenvalue weighted by molar-refractivity contribution is 0.213. The molecule has 23 heavy (non-hydrogen) atoms. The lowest BCUT2D eigenvalue weighted by Gasteiger charge is -2.31. The van der Waals surface area contributed by atoms with Gasteiger partial charge in [0.25, 0.3) is 0 Å². The molecule has 5 nitrogen and oxygen atoms in total. The Hall–Kier alpha value is -2.01. The molecule has 5 heteroatoms. The maximum Gasteiger partial charge on any atom is 0.143 e. The van der Waals surface area contributed by atoms with Gasteiger partial charge in [-0.25, -0.2) is 4.98 Å². The SMILES string of the molecule is CCN1CCC[C@H](c2nccn2-c2cc(OC)ccc2OC)C1. The molecule has 0 unspecified atom stereocenters. The topological polar surface area (TPSA) is 39.5 Å².